The molecule has 0 heterocycles. The van der Waals surface area contributed by atoms with Crippen LogP contribution in [0.5, 0.6) is 5.75 Å². The largest absolute Gasteiger partial charge is 0.496 e. The van der Waals surface area contributed by atoms with Crippen molar-refractivity contribution in [2.75, 3.05) is 7.11 Å². The summed E-state index contributed by atoms with van der Waals surface area (Å²) in [5.74, 6) is 0.0719. The van der Waals surface area contributed by atoms with Gasteiger partial charge in [0.25, 0.3) is 0 Å². The number of rotatable bonds is 3. The number of fused-ring (bicyclic) bond motifs is 1. The number of methoxy groups -OCH3 is 1. The number of hydrogen-bond acceptors (Lipinski definition) is 2. The van der Waals surface area contributed by atoms with Gasteiger partial charge in [-0.25, -0.2) is 4.39 Å². The van der Waals surface area contributed by atoms with E-state index in [0.717, 1.165) is 10.8 Å². The quantitative estimate of drug-likeness (QED) is 0.784. The van der Waals surface area contributed by atoms with E-state index < -0.39 is 11.9 Å². The molecule has 0 spiro atoms. The van der Waals surface area contributed by atoms with Gasteiger partial charge in [-0.15, -0.1) is 0 Å². The molecule has 0 bridgehead atoms. The lowest BCUT2D eigenvalue weighted by Crippen LogP contribution is -2.03. The molecule has 3 heteroatoms. The van der Waals surface area contributed by atoms with Crippen molar-refractivity contribution >= 4 is 10.8 Å². The van der Waals surface area contributed by atoms with E-state index in [0.29, 0.717) is 16.9 Å². The summed E-state index contributed by atoms with van der Waals surface area (Å²) in [6, 6.07) is 17.7. The van der Waals surface area contributed by atoms with Gasteiger partial charge in [0.1, 0.15) is 17.7 Å². The number of aliphatic hydroxyl groups is 1. The molecule has 0 saturated heterocycles. The molecule has 1 unspecified atom stereocenters. The molecule has 3 rings (SSSR count). The van der Waals surface area contributed by atoms with Gasteiger partial charge < -0.3 is 9.84 Å². The summed E-state index contributed by atoms with van der Waals surface area (Å²) in [7, 11) is 1.50. The Bertz CT molecular complexity index is 783. The van der Waals surface area contributed by atoms with Crippen molar-refractivity contribution in [2.24, 2.45) is 0 Å². The van der Waals surface area contributed by atoms with Crippen LogP contribution in [0.25, 0.3) is 10.8 Å². The minimum absolute atomic E-state index is 0.398. The van der Waals surface area contributed by atoms with Crippen molar-refractivity contribution in [3.05, 3.63) is 77.6 Å². The molecule has 0 radical (unpaired) electrons. The second kappa shape index (κ2) is 5.54. The minimum atomic E-state index is -0.930. The summed E-state index contributed by atoms with van der Waals surface area (Å²) in [6.45, 7) is 0. The molecule has 0 saturated carbocycles. The highest BCUT2D eigenvalue weighted by Gasteiger charge is 2.16. The first-order valence-electron chi connectivity index (χ1n) is 6.69. The summed E-state index contributed by atoms with van der Waals surface area (Å²) < 4.78 is 18.6. The lowest BCUT2D eigenvalue weighted by molar-refractivity contribution is 0.214. The monoisotopic (exact) mass is 282 g/mol. The molecule has 0 amide bonds. The van der Waals surface area contributed by atoms with Crippen molar-refractivity contribution in [1.29, 1.82) is 0 Å². The second-order valence-corrected chi connectivity index (χ2v) is 4.90. The molecular weight excluding hydrogens is 267 g/mol. The summed E-state index contributed by atoms with van der Waals surface area (Å²) in [5.41, 5.74) is 1.13. The first kappa shape index (κ1) is 13.6. The van der Waals surface area contributed by atoms with Crippen molar-refractivity contribution < 1.29 is 14.2 Å². The van der Waals surface area contributed by atoms with E-state index in [9.17, 15) is 9.50 Å². The Morgan fingerprint density at radius 3 is 2.48 bits per heavy atom. The Kier molecular flexibility index (Phi) is 3.59. The number of halogens is 1. The SMILES string of the molecule is COc1ccc(F)cc1C(O)c1ccc2ccccc2c1. The average Bonchev–Trinajstić information content (AvgIpc) is 2.53. The Morgan fingerprint density at radius 2 is 1.71 bits per heavy atom. The van der Waals surface area contributed by atoms with Crippen molar-refractivity contribution in [3.8, 4) is 5.75 Å². The Balaban J connectivity index is 2.07. The highest BCUT2D eigenvalue weighted by Crippen LogP contribution is 2.31. The molecular formula is C18H15FO2. The zero-order chi connectivity index (χ0) is 14.8. The third kappa shape index (κ3) is 2.60. The van der Waals surface area contributed by atoms with Gasteiger partial charge in [-0.1, -0.05) is 36.4 Å². The van der Waals surface area contributed by atoms with E-state index in [1.807, 2.05) is 42.5 Å². The summed E-state index contributed by atoms with van der Waals surface area (Å²) >= 11 is 0. The molecule has 3 aromatic carbocycles. The number of aliphatic hydroxyl groups excluding tert-OH is 1. The molecule has 0 aliphatic heterocycles. The maximum atomic E-state index is 13.4. The van der Waals surface area contributed by atoms with Crippen molar-refractivity contribution in [3.63, 3.8) is 0 Å². The molecule has 2 nitrogen and oxygen atoms in total. The highest BCUT2D eigenvalue weighted by molar-refractivity contribution is 5.83. The van der Waals surface area contributed by atoms with Gasteiger partial charge in [0.15, 0.2) is 0 Å². The smallest absolute Gasteiger partial charge is 0.125 e. The molecule has 0 aromatic heterocycles. The van der Waals surface area contributed by atoms with Gasteiger partial charge in [0.2, 0.25) is 0 Å². The number of ether oxygens (including phenoxy) is 1. The fraction of sp³-hybridized carbons (Fsp3) is 0.111. The van der Waals surface area contributed by atoms with E-state index in [1.54, 1.807) is 0 Å². The minimum Gasteiger partial charge on any atom is -0.496 e. The van der Waals surface area contributed by atoms with Crippen LogP contribution in [-0.4, -0.2) is 12.2 Å². The van der Waals surface area contributed by atoms with Crippen molar-refractivity contribution in [1.82, 2.24) is 0 Å². The highest BCUT2D eigenvalue weighted by atomic mass is 19.1. The Labute approximate surface area is 122 Å². The van der Waals surface area contributed by atoms with Crippen LogP contribution < -0.4 is 4.74 Å². The normalized spacial score (nSPS) is 12.3. The average molecular weight is 282 g/mol. The number of hydrogen-bond donors (Lipinski definition) is 1. The fourth-order valence-corrected chi connectivity index (χ4v) is 2.48. The zero-order valence-electron chi connectivity index (χ0n) is 11.6. The molecule has 3 aromatic rings. The van der Waals surface area contributed by atoms with Gasteiger partial charge in [-0.05, 0) is 40.6 Å². The van der Waals surface area contributed by atoms with Crippen LogP contribution in [0, 0.1) is 5.82 Å². The molecule has 106 valence electrons. The molecule has 1 atom stereocenters. The van der Waals surface area contributed by atoms with Gasteiger partial charge in [0, 0.05) is 5.56 Å². The first-order valence-corrected chi connectivity index (χ1v) is 6.69. The van der Waals surface area contributed by atoms with Gasteiger partial charge in [-0.3, -0.25) is 0 Å². The lowest BCUT2D eigenvalue weighted by Gasteiger charge is -2.16. The van der Waals surface area contributed by atoms with Crippen LogP contribution in [0.2, 0.25) is 0 Å². The predicted octanol–water partition coefficient (Wildman–Crippen LogP) is 4.07. The van der Waals surface area contributed by atoms with E-state index in [4.69, 9.17) is 4.74 Å². The summed E-state index contributed by atoms with van der Waals surface area (Å²) in [5, 5.41) is 12.7. The van der Waals surface area contributed by atoms with Gasteiger partial charge in [-0.2, -0.15) is 0 Å². The molecule has 0 fully saturated rings. The lowest BCUT2D eigenvalue weighted by atomic mass is 9.98. The van der Waals surface area contributed by atoms with Crippen LogP contribution in [0.1, 0.15) is 17.2 Å². The first-order chi connectivity index (χ1) is 10.2. The Morgan fingerprint density at radius 1 is 0.952 bits per heavy atom. The third-order valence-corrected chi connectivity index (χ3v) is 3.58. The third-order valence-electron chi connectivity index (χ3n) is 3.58. The summed E-state index contributed by atoms with van der Waals surface area (Å²) in [4.78, 5) is 0. The van der Waals surface area contributed by atoms with E-state index in [2.05, 4.69) is 0 Å². The van der Waals surface area contributed by atoms with E-state index in [1.165, 1.54) is 25.3 Å². The maximum Gasteiger partial charge on any atom is 0.125 e. The van der Waals surface area contributed by atoms with E-state index in [-0.39, 0.29) is 0 Å². The van der Waals surface area contributed by atoms with Gasteiger partial charge in [0.05, 0.1) is 7.11 Å². The van der Waals surface area contributed by atoms with Crippen LogP contribution >= 0.6 is 0 Å². The fourth-order valence-electron chi connectivity index (χ4n) is 2.48. The molecule has 21 heavy (non-hydrogen) atoms. The molecule has 0 aliphatic rings. The van der Waals surface area contributed by atoms with Crippen LogP contribution in [0.15, 0.2) is 60.7 Å². The van der Waals surface area contributed by atoms with Gasteiger partial charge >= 0.3 is 0 Å². The molecule has 0 aliphatic carbocycles. The number of benzene rings is 3. The standard InChI is InChI=1S/C18H15FO2/c1-21-17-9-8-15(19)11-16(17)18(20)14-7-6-12-4-2-3-5-13(12)10-14/h2-11,18,20H,1H3. The van der Waals surface area contributed by atoms with Crippen LogP contribution in [0.3, 0.4) is 0 Å². The van der Waals surface area contributed by atoms with Crippen molar-refractivity contribution in [2.45, 2.75) is 6.10 Å². The second-order valence-electron chi connectivity index (χ2n) is 4.90. The topological polar surface area (TPSA) is 29.5 Å². The van der Waals surface area contributed by atoms with Crippen LogP contribution in [0.4, 0.5) is 4.39 Å². The predicted molar refractivity (Wildman–Crippen MR) is 81.0 cm³/mol. The zero-order valence-corrected chi connectivity index (χ0v) is 11.6. The maximum absolute atomic E-state index is 13.4. The Hall–Kier alpha value is -2.39. The summed E-state index contributed by atoms with van der Waals surface area (Å²) in [6.07, 6.45) is -0.930. The molecule has 1 N–H and O–H groups in total. The van der Waals surface area contributed by atoms with Crippen LogP contribution in [-0.2, 0) is 0 Å². The van der Waals surface area contributed by atoms with E-state index >= 15 is 0 Å².